The lowest BCUT2D eigenvalue weighted by molar-refractivity contribution is 0.479. The monoisotopic (exact) mass is 893 g/mol. The van der Waals surface area contributed by atoms with E-state index in [-0.39, 0.29) is 22.0 Å². The van der Waals surface area contributed by atoms with Crippen molar-refractivity contribution in [1.29, 1.82) is 0 Å². The Morgan fingerprint density at radius 1 is 0.333 bits per heavy atom. The van der Waals surface area contributed by atoms with Gasteiger partial charge in [0.05, 0.1) is 34.5 Å². The molecule has 0 saturated heterocycles. The molecule has 0 aliphatic heterocycles. The highest BCUT2D eigenvalue weighted by molar-refractivity contribution is 6.14. The van der Waals surface area contributed by atoms with Gasteiger partial charge in [-0.3, -0.25) is 0 Å². The second-order valence-corrected chi connectivity index (χ2v) is 16.8. The van der Waals surface area contributed by atoms with Crippen molar-refractivity contribution in [3.05, 3.63) is 261 Å². The fourth-order valence-electron chi connectivity index (χ4n) is 9.67. The number of phenolic OH excluding ortho intramolecular Hbond substituents is 1. The fourth-order valence-corrected chi connectivity index (χ4v) is 9.67. The Labute approximate surface area is 418 Å². The molecular formula is C66H44N2O. The number of rotatable bonds is 8. The van der Waals surface area contributed by atoms with Gasteiger partial charge in [-0.05, 0) is 127 Å². The Balaban J connectivity index is 0.992. The number of aromatic hydroxyl groups is 1. The van der Waals surface area contributed by atoms with Gasteiger partial charge in [-0.25, -0.2) is 0 Å². The van der Waals surface area contributed by atoms with Crippen LogP contribution in [0.5, 0.6) is 5.75 Å². The van der Waals surface area contributed by atoms with Crippen LogP contribution < -0.4 is 4.90 Å². The molecule has 1 aromatic heterocycles. The standard InChI is InChI=1S/C66H44N2O/c69-66-56(23-13-24-57(66)50-29-28-44-14-1-2-15-48(44)42-50)46-32-38-52(39-33-46)67(53-40-34-47(35-41-53)62-43-49-16-3-4-17-54(49)58-19-5-6-20-59(58)62)51-36-30-45(31-37-51)55-18-7-10-25-63(55)68-64-26-11-8-21-60(64)61-22-9-12-27-65(61)68/h1-43,69H/i1D,2D,13D,14D,15D,23D,24D,28D,29D,32D,33D,38D,39D. The van der Waals surface area contributed by atoms with E-state index in [1.54, 1.807) is 4.90 Å². The van der Waals surface area contributed by atoms with E-state index in [2.05, 4.69) is 71.3 Å². The van der Waals surface area contributed by atoms with Crippen LogP contribution in [0.3, 0.4) is 0 Å². The summed E-state index contributed by atoms with van der Waals surface area (Å²) in [5.74, 6) is -0.946. The van der Waals surface area contributed by atoms with Crippen LogP contribution in [0, 0.1) is 0 Å². The van der Waals surface area contributed by atoms with Crippen LogP contribution in [-0.4, -0.2) is 9.67 Å². The summed E-state index contributed by atoms with van der Waals surface area (Å²) in [7, 11) is 0. The van der Waals surface area contributed by atoms with Crippen LogP contribution in [0.2, 0.25) is 0 Å². The molecule has 12 aromatic carbocycles. The molecule has 0 unspecified atom stereocenters. The third-order valence-electron chi connectivity index (χ3n) is 12.9. The van der Waals surface area contributed by atoms with Crippen molar-refractivity contribution in [3.63, 3.8) is 0 Å². The molecular weight excluding hydrogens is 837 g/mol. The van der Waals surface area contributed by atoms with Gasteiger partial charge in [0, 0.05) is 44.5 Å². The van der Waals surface area contributed by atoms with Gasteiger partial charge in [-0.1, -0.05) is 194 Å². The fraction of sp³-hybridized carbons (Fsp3) is 0. The van der Waals surface area contributed by atoms with Crippen LogP contribution in [-0.2, 0) is 0 Å². The smallest absolute Gasteiger partial charge is 0.131 e. The number of para-hydroxylation sites is 4. The third kappa shape index (κ3) is 6.91. The number of aromatic nitrogens is 1. The second kappa shape index (κ2) is 16.6. The zero-order valence-electron chi connectivity index (χ0n) is 49.7. The normalized spacial score (nSPS) is 14.2. The highest BCUT2D eigenvalue weighted by Gasteiger charge is 2.19. The molecule has 13 rings (SSSR count). The highest BCUT2D eigenvalue weighted by atomic mass is 16.3. The van der Waals surface area contributed by atoms with Crippen molar-refractivity contribution in [2.24, 2.45) is 0 Å². The SMILES string of the molecule is [2H]c1c([2H])c(-c2cc3c([2H])c([2H])c([2H])c([2H])c3c([2H])c2[2H])c(O)c(-c2c([2H])c([2H])c(N(c3ccc(-c4ccccc4-n4c5ccccc5c5ccccc54)cc3)c3ccc(-c4cc5ccccc5c5ccccc45)cc3)c([2H])c2[2H])c1[2H]. The zero-order valence-corrected chi connectivity index (χ0v) is 36.7. The van der Waals surface area contributed by atoms with Crippen molar-refractivity contribution in [2.75, 3.05) is 4.90 Å². The maximum absolute atomic E-state index is 12.3. The number of hydrogen-bond donors (Lipinski definition) is 1. The van der Waals surface area contributed by atoms with Gasteiger partial charge in [0.25, 0.3) is 0 Å². The summed E-state index contributed by atoms with van der Waals surface area (Å²) in [6.07, 6.45) is 0. The summed E-state index contributed by atoms with van der Waals surface area (Å²) >= 11 is 0. The van der Waals surface area contributed by atoms with Gasteiger partial charge in [0.2, 0.25) is 0 Å². The Morgan fingerprint density at radius 3 is 1.57 bits per heavy atom. The van der Waals surface area contributed by atoms with E-state index >= 15 is 0 Å². The van der Waals surface area contributed by atoms with Crippen molar-refractivity contribution >= 4 is 71.2 Å². The molecule has 324 valence electrons. The molecule has 0 fully saturated rings. The van der Waals surface area contributed by atoms with Crippen LogP contribution >= 0.6 is 0 Å². The zero-order chi connectivity index (χ0) is 57.2. The first-order valence-corrected chi connectivity index (χ1v) is 22.5. The number of phenols is 1. The van der Waals surface area contributed by atoms with Crippen LogP contribution in [0.1, 0.15) is 17.8 Å². The topological polar surface area (TPSA) is 28.4 Å². The van der Waals surface area contributed by atoms with Gasteiger partial charge in [-0.2, -0.15) is 0 Å². The summed E-state index contributed by atoms with van der Waals surface area (Å²) in [5, 5.41) is 18.3. The predicted octanol–water partition coefficient (Wildman–Crippen LogP) is 18.1. The Bertz CT molecular complexity index is 4790. The first kappa shape index (κ1) is 28.8. The second-order valence-electron chi connectivity index (χ2n) is 16.8. The largest absolute Gasteiger partial charge is 0.507 e. The molecule has 0 saturated carbocycles. The minimum absolute atomic E-state index is 0.175. The molecule has 1 N–H and O–H groups in total. The van der Waals surface area contributed by atoms with E-state index in [9.17, 15) is 10.6 Å². The minimum atomic E-state index is -0.946. The predicted molar refractivity (Wildman–Crippen MR) is 291 cm³/mol. The molecule has 3 nitrogen and oxygen atoms in total. The van der Waals surface area contributed by atoms with E-state index < -0.39 is 101 Å². The molecule has 13 aromatic rings. The Morgan fingerprint density at radius 2 is 0.870 bits per heavy atom. The molecule has 0 aliphatic rings. The molecule has 69 heavy (non-hydrogen) atoms. The summed E-state index contributed by atoms with van der Waals surface area (Å²) < 4.78 is 120. The Kier molecular flexibility index (Phi) is 6.92. The molecule has 0 radical (unpaired) electrons. The average molecular weight is 894 g/mol. The molecule has 0 amide bonds. The number of hydrogen-bond acceptors (Lipinski definition) is 2. The van der Waals surface area contributed by atoms with Crippen LogP contribution in [0.25, 0.3) is 104 Å². The van der Waals surface area contributed by atoms with E-state index in [0.717, 1.165) is 77.4 Å². The number of anilines is 3. The molecule has 1 heterocycles. The van der Waals surface area contributed by atoms with Crippen LogP contribution in [0.4, 0.5) is 17.1 Å². The highest BCUT2D eigenvalue weighted by Crippen LogP contribution is 2.43. The summed E-state index contributed by atoms with van der Waals surface area (Å²) in [6.45, 7) is 0. The van der Waals surface area contributed by atoms with Crippen molar-refractivity contribution in [2.45, 2.75) is 0 Å². The van der Waals surface area contributed by atoms with E-state index in [1.165, 1.54) is 0 Å². The lowest BCUT2D eigenvalue weighted by atomic mass is 9.93. The summed E-state index contributed by atoms with van der Waals surface area (Å²) in [5.41, 5.74) is 5.30. The molecule has 0 aliphatic carbocycles. The van der Waals surface area contributed by atoms with Gasteiger partial charge in [0.1, 0.15) is 5.75 Å². The number of benzene rings is 12. The third-order valence-corrected chi connectivity index (χ3v) is 12.9. The summed E-state index contributed by atoms with van der Waals surface area (Å²) in [6, 6.07) is 51.0. The molecule has 0 bridgehead atoms. The first-order valence-electron chi connectivity index (χ1n) is 29.0. The van der Waals surface area contributed by atoms with Gasteiger partial charge >= 0.3 is 0 Å². The van der Waals surface area contributed by atoms with Gasteiger partial charge < -0.3 is 14.6 Å². The molecule has 3 heteroatoms. The van der Waals surface area contributed by atoms with Gasteiger partial charge in [0.15, 0.2) is 0 Å². The lowest BCUT2D eigenvalue weighted by Crippen LogP contribution is -2.10. The van der Waals surface area contributed by atoms with Crippen molar-refractivity contribution in [3.8, 4) is 55.9 Å². The number of nitrogens with zero attached hydrogens (tertiary/aromatic N) is 2. The van der Waals surface area contributed by atoms with Gasteiger partial charge in [-0.15, -0.1) is 0 Å². The van der Waals surface area contributed by atoms with E-state index in [4.69, 9.17) is 12.3 Å². The van der Waals surface area contributed by atoms with Crippen molar-refractivity contribution < 1.29 is 22.9 Å². The van der Waals surface area contributed by atoms with Crippen molar-refractivity contribution in [1.82, 2.24) is 4.57 Å². The number of fused-ring (bicyclic) bond motifs is 7. The molecule has 0 atom stereocenters. The maximum Gasteiger partial charge on any atom is 0.131 e. The van der Waals surface area contributed by atoms with Crippen LogP contribution in [0.15, 0.2) is 261 Å². The quantitative estimate of drug-likeness (QED) is 0.154. The maximum atomic E-state index is 12.3. The van der Waals surface area contributed by atoms with E-state index in [1.807, 2.05) is 109 Å². The minimum Gasteiger partial charge on any atom is -0.507 e. The molecule has 0 spiro atoms. The first-order chi connectivity index (χ1) is 39.6. The summed E-state index contributed by atoms with van der Waals surface area (Å²) in [4.78, 5) is 1.63. The average Bonchev–Trinajstić information content (AvgIpc) is 4.00. The van der Waals surface area contributed by atoms with E-state index in [0.29, 0.717) is 11.4 Å². The Hall–Kier alpha value is -9.18. The lowest BCUT2D eigenvalue weighted by Gasteiger charge is -2.26.